The Labute approximate surface area is 125 Å². The van der Waals surface area contributed by atoms with E-state index in [9.17, 15) is 0 Å². The molecule has 0 N–H and O–H groups in total. The van der Waals surface area contributed by atoms with Crippen molar-refractivity contribution in [2.45, 2.75) is 6.92 Å². The zero-order chi connectivity index (χ0) is 14.2. The van der Waals surface area contributed by atoms with Crippen molar-refractivity contribution < 1.29 is 4.74 Å². The average Bonchev–Trinajstić information content (AvgIpc) is 2.49. The van der Waals surface area contributed by atoms with Crippen LogP contribution >= 0.6 is 11.6 Å². The van der Waals surface area contributed by atoms with Gasteiger partial charge in [0.1, 0.15) is 12.4 Å². The van der Waals surface area contributed by atoms with E-state index >= 15 is 0 Å². The molecular weight excluding hydrogens is 268 g/mol. The van der Waals surface area contributed by atoms with Crippen molar-refractivity contribution in [3.63, 3.8) is 0 Å². The fraction of sp³-hybridized carbons (Fsp3) is 0.111. The molecule has 2 heteroatoms. The molecule has 0 atom stereocenters. The van der Waals surface area contributed by atoms with Crippen LogP contribution in [0.2, 0.25) is 5.02 Å². The summed E-state index contributed by atoms with van der Waals surface area (Å²) in [4.78, 5) is 0. The van der Waals surface area contributed by atoms with Crippen LogP contribution in [0.25, 0.3) is 11.1 Å². The third-order valence-electron chi connectivity index (χ3n) is 2.82. The Kier molecular flexibility index (Phi) is 5.45. The summed E-state index contributed by atoms with van der Waals surface area (Å²) in [6.45, 7) is 2.56. The minimum Gasteiger partial charge on any atom is -0.490 e. The van der Waals surface area contributed by atoms with E-state index in [0.29, 0.717) is 6.61 Å². The zero-order valence-electron chi connectivity index (χ0n) is 11.4. The maximum Gasteiger partial charge on any atom is 0.119 e. The maximum absolute atomic E-state index is 5.89. The van der Waals surface area contributed by atoms with E-state index in [1.54, 1.807) is 0 Å². The molecule has 0 saturated heterocycles. The summed E-state index contributed by atoms with van der Waals surface area (Å²) in [6, 6.07) is 15.9. The molecule has 0 radical (unpaired) electrons. The Morgan fingerprint density at radius 1 is 0.900 bits per heavy atom. The van der Waals surface area contributed by atoms with Crippen molar-refractivity contribution in [3.8, 4) is 16.9 Å². The van der Waals surface area contributed by atoms with E-state index < -0.39 is 0 Å². The number of hydrogen-bond acceptors (Lipinski definition) is 1. The highest BCUT2D eigenvalue weighted by molar-refractivity contribution is 6.30. The van der Waals surface area contributed by atoms with Crippen molar-refractivity contribution in [3.05, 3.63) is 77.9 Å². The quantitative estimate of drug-likeness (QED) is 0.657. The van der Waals surface area contributed by atoms with Gasteiger partial charge in [0.25, 0.3) is 0 Å². The Bertz CT molecular complexity index is 580. The molecule has 0 amide bonds. The number of benzene rings is 2. The van der Waals surface area contributed by atoms with Gasteiger partial charge < -0.3 is 4.74 Å². The molecule has 0 heterocycles. The first kappa shape index (κ1) is 14.4. The lowest BCUT2D eigenvalue weighted by molar-refractivity contribution is 0.363. The van der Waals surface area contributed by atoms with Crippen LogP contribution in [0, 0.1) is 0 Å². The fourth-order valence-electron chi connectivity index (χ4n) is 1.78. The molecule has 2 rings (SSSR count). The lowest BCUT2D eigenvalue weighted by Crippen LogP contribution is -1.92. The van der Waals surface area contributed by atoms with E-state index in [4.69, 9.17) is 16.3 Å². The summed E-state index contributed by atoms with van der Waals surface area (Å²) in [7, 11) is 0. The normalized spacial score (nSPS) is 11.3. The van der Waals surface area contributed by atoms with E-state index in [0.717, 1.165) is 21.9 Å². The predicted octanol–water partition coefficient (Wildman–Crippen LogP) is 5.52. The Morgan fingerprint density at radius 2 is 1.50 bits per heavy atom. The highest BCUT2D eigenvalue weighted by atomic mass is 35.5. The summed E-state index contributed by atoms with van der Waals surface area (Å²) in [5.41, 5.74) is 2.30. The SMILES string of the molecule is C/C=C/C=C/COc1ccc(-c2ccc(Cl)cc2)cc1. The fourth-order valence-corrected chi connectivity index (χ4v) is 1.90. The van der Waals surface area contributed by atoms with E-state index in [1.165, 1.54) is 0 Å². The van der Waals surface area contributed by atoms with Crippen LogP contribution < -0.4 is 4.74 Å². The van der Waals surface area contributed by atoms with Crippen molar-refractivity contribution in [1.29, 1.82) is 0 Å². The van der Waals surface area contributed by atoms with E-state index in [-0.39, 0.29) is 0 Å². The molecule has 0 spiro atoms. The second-order valence-electron chi connectivity index (χ2n) is 4.30. The molecule has 0 aliphatic heterocycles. The molecule has 0 aliphatic rings. The lowest BCUT2D eigenvalue weighted by atomic mass is 10.1. The molecule has 102 valence electrons. The second-order valence-corrected chi connectivity index (χ2v) is 4.73. The monoisotopic (exact) mass is 284 g/mol. The molecule has 0 fully saturated rings. The summed E-state index contributed by atoms with van der Waals surface area (Å²) < 4.78 is 5.62. The van der Waals surface area contributed by atoms with Gasteiger partial charge in [-0.05, 0) is 48.4 Å². The van der Waals surface area contributed by atoms with Crippen LogP contribution in [-0.2, 0) is 0 Å². The van der Waals surface area contributed by atoms with Crippen LogP contribution in [0.15, 0.2) is 72.8 Å². The third kappa shape index (κ3) is 4.29. The summed E-state index contributed by atoms with van der Waals surface area (Å²) in [5, 5.41) is 0.751. The number of hydrogen-bond donors (Lipinski definition) is 0. The van der Waals surface area contributed by atoms with Crippen LogP contribution in [0.4, 0.5) is 0 Å². The zero-order valence-corrected chi connectivity index (χ0v) is 12.2. The minimum atomic E-state index is 0.574. The van der Waals surface area contributed by atoms with Crippen LogP contribution in [0.1, 0.15) is 6.92 Å². The molecule has 0 aromatic heterocycles. The van der Waals surface area contributed by atoms with Gasteiger partial charge in [-0.2, -0.15) is 0 Å². The summed E-state index contributed by atoms with van der Waals surface area (Å²) in [6.07, 6.45) is 7.92. The Balaban J connectivity index is 1.97. The second kappa shape index (κ2) is 7.56. The van der Waals surface area contributed by atoms with Crippen molar-refractivity contribution in [2.75, 3.05) is 6.61 Å². The van der Waals surface area contributed by atoms with E-state index in [2.05, 4.69) is 0 Å². The summed E-state index contributed by atoms with van der Waals surface area (Å²) in [5.74, 6) is 0.868. The van der Waals surface area contributed by atoms with Gasteiger partial charge in [-0.25, -0.2) is 0 Å². The maximum atomic E-state index is 5.89. The first-order valence-electron chi connectivity index (χ1n) is 6.56. The largest absolute Gasteiger partial charge is 0.490 e. The van der Waals surface area contributed by atoms with Gasteiger partial charge in [0.15, 0.2) is 0 Å². The van der Waals surface area contributed by atoms with Gasteiger partial charge in [0, 0.05) is 5.02 Å². The smallest absolute Gasteiger partial charge is 0.119 e. The third-order valence-corrected chi connectivity index (χ3v) is 3.07. The van der Waals surface area contributed by atoms with Gasteiger partial charge >= 0.3 is 0 Å². The molecule has 0 unspecified atom stereocenters. The molecule has 2 aromatic rings. The number of ether oxygens (including phenoxy) is 1. The minimum absolute atomic E-state index is 0.574. The van der Waals surface area contributed by atoms with E-state index in [1.807, 2.05) is 79.8 Å². The van der Waals surface area contributed by atoms with Crippen molar-refractivity contribution in [2.24, 2.45) is 0 Å². The van der Waals surface area contributed by atoms with Gasteiger partial charge in [-0.3, -0.25) is 0 Å². The highest BCUT2D eigenvalue weighted by Crippen LogP contribution is 2.23. The Hall–Kier alpha value is -1.99. The molecule has 1 nitrogen and oxygen atoms in total. The van der Waals surface area contributed by atoms with Gasteiger partial charge in [0.05, 0.1) is 0 Å². The molecule has 20 heavy (non-hydrogen) atoms. The van der Waals surface area contributed by atoms with Gasteiger partial charge in [0.2, 0.25) is 0 Å². The molecule has 0 bridgehead atoms. The number of rotatable bonds is 5. The van der Waals surface area contributed by atoms with Crippen molar-refractivity contribution in [1.82, 2.24) is 0 Å². The highest BCUT2D eigenvalue weighted by Gasteiger charge is 1.98. The van der Waals surface area contributed by atoms with Crippen LogP contribution in [0.3, 0.4) is 0 Å². The average molecular weight is 285 g/mol. The van der Waals surface area contributed by atoms with Gasteiger partial charge in [-0.15, -0.1) is 0 Å². The lowest BCUT2D eigenvalue weighted by Gasteiger charge is -2.05. The molecule has 0 saturated carbocycles. The summed E-state index contributed by atoms with van der Waals surface area (Å²) >= 11 is 5.89. The molecular formula is C18H17ClO. The topological polar surface area (TPSA) is 9.23 Å². The first-order valence-corrected chi connectivity index (χ1v) is 6.94. The number of allylic oxidation sites excluding steroid dienone is 3. The standard InChI is InChI=1S/C18H17ClO/c1-2-3-4-5-14-20-18-12-8-16(9-13-18)15-6-10-17(19)11-7-15/h2-13H,14H2,1H3/b3-2+,5-4+. The van der Waals surface area contributed by atoms with Crippen molar-refractivity contribution >= 4 is 11.6 Å². The molecule has 0 aliphatic carbocycles. The molecule has 2 aromatic carbocycles. The van der Waals surface area contributed by atoms with Crippen LogP contribution in [0.5, 0.6) is 5.75 Å². The first-order chi connectivity index (χ1) is 9.79. The predicted molar refractivity (Wildman–Crippen MR) is 86.3 cm³/mol. The number of halogens is 1. The van der Waals surface area contributed by atoms with Gasteiger partial charge in [-0.1, -0.05) is 54.1 Å². The van der Waals surface area contributed by atoms with Crippen LogP contribution in [-0.4, -0.2) is 6.61 Å². The Morgan fingerprint density at radius 3 is 2.10 bits per heavy atom.